The quantitative estimate of drug-likeness (QED) is 0.662. The van der Waals surface area contributed by atoms with Crippen LogP contribution in [0.4, 0.5) is 10.5 Å². The highest BCUT2D eigenvalue weighted by Crippen LogP contribution is 2.23. The number of carbonyl (C=O) groups excluding carboxylic acids is 1. The summed E-state index contributed by atoms with van der Waals surface area (Å²) in [6.45, 7) is 0. The summed E-state index contributed by atoms with van der Waals surface area (Å²) in [7, 11) is 0. The van der Waals surface area contributed by atoms with Gasteiger partial charge in [0.15, 0.2) is 0 Å². The van der Waals surface area contributed by atoms with Gasteiger partial charge in [0.2, 0.25) is 0 Å². The predicted molar refractivity (Wildman–Crippen MR) is 74.6 cm³/mol. The first kappa shape index (κ1) is 13.3. The Labute approximate surface area is 114 Å². The fourth-order valence-electron chi connectivity index (χ4n) is 1.74. The summed E-state index contributed by atoms with van der Waals surface area (Å²) >= 11 is 0. The number of hydrogen-bond acceptors (Lipinski definition) is 4. The number of nitrogens with two attached hydrogens (primary N) is 1. The maximum atomic E-state index is 11.2. The fourth-order valence-corrected chi connectivity index (χ4v) is 1.74. The number of rotatable bonds is 3. The van der Waals surface area contributed by atoms with Crippen molar-refractivity contribution >= 4 is 23.4 Å². The molecule has 0 atom stereocenters. The minimum absolute atomic E-state index is 0.0605. The van der Waals surface area contributed by atoms with E-state index in [1.165, 1.54) is 6.07 Å². The number of nitrogens with zero attached hydrogens (tertiary/aromatic N) is 1. The van der Waals surface area contributed by atoms with E-state index >= 15 is 0 Å². The van der Waals surface area contributed by atoms with Gasteiger partial charge in [0.1, 0.15) is 0 Å². The van der Waals surface area contributed by atoms with Crippen molar-refractivity contribution in [2.24, 2.45) is 10.8 Å². The van der Waals surface area contributed by atoms with Gasteiger partial charge in [-0.3, -0.25) is 5.43 Å². The SMILES string of the molecule is NC(=O)Nc1c(C(=O)O)cccc1C1=NNC=CC=C1. The van der Waals surface area contributed by atoms with Gasteiger partial charge in [-0.15, -0.1) is 0 Å². The summed E-state index contributed by atoms with van der Waals surface area (Å²) < 4.78 is 0. The molecular formula is C13H12N4O3. The van der Waals surface area contributed by atoms with Gasteiger partial charge >= 0.3 is 12.0 Å². The molecule has 0 radical (unpaired) electrons. The number of hydrogen-bond donors (Lipinski definition) is 4. The van der Waals surface area contributed by atoms with E-state index in [9.17, 15) is 14.7 Å². The molecule has 2 amide bonds. The van der Waals surface area contributed by atoms with E-state index in [1.54, 1.807) is 36.6 Å². The molecule has 20 heavy (non-hydrogen) atoms. The number of aromatic carboxylic acids is 1. The van der Waals surface area contributed by atoms with Crippen LogP contribution in [0.25, 0.3) is 0 Å². The monoisotopic (exact) mass is 272 g/mol. The number of primary amides is 1. The lowest BCUT2D eigenvalue weighted by molar-refractivity contribution is 0.0698. The molecule has 0 saturated heterocycles. The van der Waals surface area contributed by atoms with Crippen molar-refractivity contribution in [2.45, 2.75) is 0 Å². The van der Waals surface area contributed by atoms with Crippen molar-refractivity contribution in [3.8, 4) is 0 Å². The van der Waals surface area contributed by atoms with Crippen LogP contribution >= 0.6 is 0 Å². The molecule has 0 saturated carbocycles. The molecule has 0 fully saturated rings. The smallest absolute Gasteiger partial charge is 0.337 e. The highest BCUT2D eigenvalue weighted by atomic mass is 16.4. The van der Waals surface area contributed by atoms with Gasteiger partial charge in [0.05, 0.1) is 17.0 Å². The number of urea groups is 1. The Kier molecular flexibility index (Phi) is 3.80. The molecule has 0 unspecified atom stereocenters. The lowest BCUT2D eigenvalue weighted by atomic mass is 10.0. The largest absolute Gasteiger partial charge is 0.478 e. The molecule has 1 heterocycles. The van der Waals surface area contributed by atoms with Crippen LogP contribution in [-0.4, -0.2) is 22.8 Å². The second kappa shape index (κ2) is 5.70. The standard InChI is InChI=1S/C13H12N4O3/c14-13(20)16-11-8(4-3-5-9(11)12(18)19)10-6-1-2-7-15-17-10/h1-7,15H,(H,18,19)(H3,14,16,20). The Hall–Kier alpha value is -3.09. The molecule has 102 valence electrons. The minimum atomic E-state index is -1.17. The van der Waals surface area contributed by atoms with Crippen LogP contribution in [0.1, 0.15) is 15.9 Å². The number of amides is 2. The third-order valence-corrected chi connectivity index (χ3v) is 2.54. The lowest BCUT2D eigenvalue weighted by Crippen LogP contribution is -2.23. The average molecular weight is 272 g/mol. The third-order valence-electron chi connectivity index (χ3n) is 2.54. The van der Waals surface area contributed by atoms with Crippen LogP contribution in [0.3, 0.4) is 0 Å². The van der Waals surface area contributed by atoms with Crippen LogP contribution in [0.15, 0.2) is 47.7 Å². The van der Waals surface area contributed by atoms with Gasteiger partial charge < -0.3 is 16.2 Å². The second-order valence-electron chi connectivity index (χ2n) is 3.87. The summed E-state index contributed by atoms with van der Waals surface area (Å²) in [5, 5.41) is 15.6. The Morgan fingerprint density at radius 1 is 1.30 bits per heavy atom. The predicted octanol–water partition coefficient (Wildman–Crippen LogP) is 1.25. The van der Waals surface area contributed by atoms with E-state index < -0.39 is 12.0 Å². The zero-order chi connectivity index (χ0) is 14.5. The van der Waals surface area contributed by atoms with Crippen LogP contribution < -0.4 is 16.5 Å². The topological polar surface area (TPSA) is 117 Å². The summed E-state index contributed by atoms with van der Waals surface area (Å²) in [6.07, 6.45) is 6.77. The molecule has 0 aromatic heterocycles. The Morgan fingerprint density at radius 3 is 2.80 bits per heavy atom. The highest BCUT2D eigenvalue weighted by molar-refractivity contribution is 6.16. The first-order chi connectivity index (χ1) is 9.59. The Morgan fingerprint density at radius 2 is 2.10 bits per heavy atom. The van der Waals surface area contributed by atoms with Crippen molar-refractivity contribution in [3.63, 3.8) is 0 Å². The van der Waals surface area contributed by atoms with Crippen molar-refractivity contribution in [1.82, 2.24) is 5.43 Å². The number of carboxylic acids is 1. The van der Waals surface area contributed by atoms with Gasteiger partial charge in [-0.2, -0.15) is 5.10 Å². The van der Waals surface area contributed by atoms with Gasteiger partial charge in [-0.05, 0) is 18.2 Å². The van der Waals surface area contributed by atoms with E-state index in [1.807, 2.05) is 0 Å². The number of carboxylic acid groups (broad SMARTS) is 1. The van der Waals surface area contributed by atoms with Crippen molar-refractivity contribution in [1.29, 1.82) is 0 Å². The van der Waals surface area contributed by atoms with Crippen LogP contribution in [-0.2, 0) is 0 Å². The zero-order valence-corrected chi connectivity index (χ0v) is 10.3. The molecule has 1 aliphatic rings. The third kappa shape index (κ3) is 2.83. The van der Waals surface area contributed by atoms with Crippen LogP contribution in [0.5, 0.6) is 0 Å². The molecule has 2 rings (SSSR count). The molecular weight excluding hydrogens is 260 g/mol. The van der Waals surface area contributed by atoms with E-state index in [2.05, 4.69) is 15.8 Å². The number of para-hydroxylation sites is 1. The number of carbonyl (C=O) groups is 2. The normalized spacial score (nSPS) is 13.1. The van der Waals surface area contributed by atoms with Crippen molar-refractivity contribution in [3.05, 3.63) is 53.8 Å². The van der Waals surface area contributed by atoms with E-state index in [-0.39, 0.29) is 11.3 Å². The molecule has 1 aliphatic heterocycles. The maximum absolute atomic E-state index is 11.2. The number of hydrazone groups is 1. The molecule has 1 aromatic carbocycles. The van der Waals surface area contributed by atoms with Gasteiger partial charge in [-0.1, -0.05) is 18.2 Å². The van der Waals surface area contributed by atoms with E-state index in [4.69, 9.17) is 5.73 Å². The lowest BCUT2D eigenvalue weighted by Gasteiger charge is -2.12. The van der Waals surface area contributed by atoms with Crippen molar-refractivity contribution < 1.29 is 14.7 Å². The molecule has 0 spiro atoms. The van der Waals surface area contributed by atoms with Gasteiger partial charge in [0.25, 0.3) is 0 Å². The fraction of sp³-hybridized carbons (Fsp3) is 0. The highest BCUT2D eigenvalue weighted by Gasteiger charge is 2.17. The maximum Gasteiger partial charge on any atom is 0.337 e. The van der Waals surface area contributed by atoms with Crippen LogP contribution in [0, 0.1) is 0 Å². The summed E-state index contributed by atoms with van der Waals surface area (Å²) in [4.78, 5) is 22.3. The molecule has 7 nitrogen and oxygen atoms in total. The Balaban J connectivity index is 2.57. The summed E-state index contributed by atoms with van der Waals surface area (Å²) in [5.74, 6) is -1.17. The number of allylic oxidation sites excluding steroid dienone is 3. The molecule has 1 aromatic rings. The number of benzene rings is 1. The summed E-state index contributed by atoms with van der Waals surface area (Å²) in [6, 6.07) is 3.75. The first-order valence-corrected chi connectivity index (χ1v) is 5.69. The van der Waals surface area contributed by atoms with Crippen LogP contribution in [0.2, 0.25) is 0 Å². The van der Waals surface area contributed by atoms with Crippen molar-refractivity contribution in [2.75, 3.05) is 5.32 Å². The minimum Gasteiger partial charge on any atom is -0.478 e. The molecule has 0 aliphatic carbocycles. The average Bonchev–Trinajstić information content (AvgIpc) is 2.66. The van der Waals surface area contributed by atoms with Gasteiger partial charge in [-0.25, -0.2) is 9.59 Å². The van der Waals surface area contributed by atoms with Gasteiger partial charge in [0, 0.05) is 11.8 Å². The molecule has 5 N–H and O–H groups in total. The number of nitrogens with one attached hydrogen (secondary N) is 2. The van der Waals surface area contributed by atoms with E-state index in [0.717, 1.165) is 0 Å². The zero-order valence-electron chi connectivity index (χ0n) is 10.3. The van der Waals surface area contributed by atoms with E-state index in [0.29, 0.717) is 11.3 Å². The molecule has 7 heteroatoms. The summed E-state index contributed by atoms with van der Waals surface area (Å²) in [5.41, 5.74) is 8.75. The number of anilines is 1. The molecule has 0 bridgehead atoms. The second-order valence-corrected chi connectivity index (χ2v) is 3.87. The Bertz CT molecular complexity index is 647. The first-order valence-electron chi connectivity index (χ1n) is 5.69.